The second-order valence-electron chi connectivity index (χ2n) is 29.3. The Morgan fingerprint density at radius 1 is 0.273 bits per heavy atom. The molecule has 0 spiro atoms. The Labute approximate surface area is 534 Å². The summed E-state index contributed by atoms with van der Waals surface area (Å²) in [7, 11) is 0. The van der Waals surface area contributed by atoms with E-state index in [1.54, 1.807) is 11.1 Å². The van der Waals surface area contributed by atoms with Crippen LogP contribution in [0.2, 0.25) is 0 Å². The van der Waals surface area contributed by atoms with Crippen LogP contribution in [0.25, 0.3) is 78.1 Å². The molecule has 0 fully saturated rings. The van der Waals surface area contributed by atoms with Gasteiger partial charge < -0.3 is 0 Å². The lowest BCUT2D eigenvalue weighted by Crippen LogP contribution is -2.26. The van der Waals surface area contributed by atoms with Crippen molar-refractivity contribution in [3.63, 3.8) is 0 Å². The first-order valence-electron chi connectivity index (χ1n) is 35.8. The van der Waals surface area contributed by atoms with Gasteiger partial charge >= 0.3 is 0 Å². The number of nitrogens with zero attached hydrogens (tertiary/aromatic N) is 2. The molecule has 1 heterocycles. The van der Waals surface area contributed by atoms with Crippen molar-refractivity contribution in [1.29, 1.82) is 0 Å². The van der Waals surface area contributed by atoms with Crippen molar-refractivity contribution in [3.05, 3.63) is 179 Å². The second kappa shape index (κ2) is 29.7. The molecular formula is C86H110N2. The Bertz CT molecular complexity index is 3280. The number of aromatic nitrogens is 2. The standard InChI is InChI=1S/C86H110N2/c1-11-15-19-23-27-37-55-85(56-38-28-24-20-16-12-2)75-59-65(45-49-71(75)73-51-47-67(61-77(73)85)83(5,6)7)69-53-54-70(82-81(69)87-79(63-41-33-31-34-42-63)80(88-82)64-43-35-32-36-44-64)66-46-50-72-74-52-48-68(84(8,9)10)62-78(74)86(76(72)60-66,57-39-29-25-21-17-13-3)58-40-30-26-22-18-14-4/h31-36,41-54,59-62H,11-30,37-40,55-58H2,1-10H3. The summed E-state index contributed by atoms with van der Waals surface area (Å²) in [6.45, 7) is 23.7. The molecule has 0 unspecified atom stereocenters. The maximum absolute atomic E-state index is 6.01. The Hall–Kier alpha value is -6.12. The van der Waals surface area contributed by atoms with E-state index in [9.17, 15) is 0 Å². The molecular weight excluding hydrogens is 1060 g/mol. The normalized spacial score (nSPS) is 13.9. The fourth-order valence-corrected chi connectivity index (χ4v) is 15.6. The van der Waals surface area contributed by atoms with Crippen LogP contribution < -0.4 is 0 Å². The average molecular weight is 1170 g/mol. The number of rotatable bonds is 32. The summed E-state index contributed by atoms with van der Waals surface area (Å²) in [6, 6.07) is 57.0. The van der Waals surface area contributed by atoms with Crippen LogP contribution in [0, 0.1) is 0 Å². The van der Waals surface area contributed by atoms with Crippen molar-refractivity contribution in [2.24, 2.45) is 0 Å². The van der Waals surface area contributed by atoms with Crippen molar-refractivity contribution < 1.29 is 0 Å². The van der Waals surface area contributed by atoms with Crippen LogP contribution >= 0.6 is 0 Å². The number of hydrogen-bond donors (Lipinski definition) is 0. The molecule has 0 aliphatic heterocycles. The zero-order chi connectivity index (χ0) is 61.7. The monoisotopic (exact) mass is 1170 g/mol. The first-order chi connectivity index (χ1) is 42.8. The molecule has 464 valence electrons. The third-order valence-electron chi connectivity index (χ3n) is 20.8. The summed E-state index contributed by atoms with van der Waals surface area (Å²) in [6.07, 6.45) is 36.0. The molecule has 88 heavy (non-hydrogen) atoms. The van der Waals surface area contributed by atoms with Gasteiger partial charge in [-0.3, -0.25) is 0 Å². The summed E-state index contributed by atoms with van der Waals surface area (Å²) in [5.74, 6) is 0. The van der Waals surface area contributed by atoms with Crippen LogP contribution in [0.1, 0.15) is 282 Å². The zero-order valence-electron chi connectivity index (χ0n) is 56.5. The summed E-state index contributed by atoms with van der Waals surface area (Å²) in [5.41, 5.74) is 25.6. The highest BCUT2D eigenvalue weighted by molar-refractivity contribution is 6.04. The van der Waals surface area contributed by atoms with Crippen molar-refractivity contribution in [1.82, 2.24) is 9.97 Å². The van der Waals surface area contributed by atoms with Gasteiger partial charge in [-0.2, -0.15) is 0 Å². The topological polar surface area (TPSA) is 25.8 Å². The summed E-state index contributed by atoms with van der Waals surface area (Å²) in [5, 5.41) is 0. The van der Waals surface area contributed by atoms with Crippen LogP contribution in [0.3, 0.4) is 0 Å². The molecule has 2 heteroatoms. The predicted molar refractivity (Wildman–Crippen MR) is 383 cm³/mol. The number of fused-ring (bicyclic) bond motifs is 7. The van der Waals surface area contributed by atoms with E-state index in [0.717, 1.165) is 44.7 Å². The molecule has 7 aromatic carbocycles. The summed E-state index contributed by atoms with van der Waals surface area (Å²) >= 11 is 0. The highest BCUT2D eigenvalue weighted by Crippen LogP contribution is 2.58. The van der Waals surface area contributed by atoms with Gasteiger partial charge in [-0.25, -0.2) is 9.97 Å². The molecule has 8 aromatic rings. The molecule has 0 saturated heterocycles. The van der Waals surface area contributed by atoms with E-state index in [1.165, 1.54) is 235 Å². The largest absolute Gasteiger partial charge is 0.243 e. The lowest BCUT2D eigenvalue weighted by atomic mass is 9.69. The van der Waals surface area contributed by atoms with Crippen molar-refractivity contribution in [2.75, 3.05) is 0 Å². The fourth-order valence-electron chi connectivity index (χ4n) is 15.6. The molecule has 0 bridgehead atoms. The number of benzene rings is 7. The van der Waals surface area contributed by atoms with Crippen LogP contribution in [-0.4, -0.2) is 9.97 Å². The van der Waals surface area contributed by atoms with Gasteiger partial charge in [0.25, 0.3) is 0 Å². The van der Waals surface area contributed by atoms with E-state index in [2.05, 4.69) is 215 Å². The van der Waals surface area contributed by atoms with E-state index in [1.807, 2.05) is 0 Å². The van der Waals surface area contributed by atoms with Crippen LogP contribution in [0.5, 0.6) is 0 Å². The average Bonchev–Trinajstić information content (AvgIpc) is 1.58. The Kier molecular flexibility index (Phi) is 21.9. The Morgan fingerprint density at radius 2 is 0.545 bits per heavy atom. The lowest BCUT2D eigenvalue weighted by molar-refractivity contribution is 0.397. The van der Waals surface area contributed by atoms with Crippen LogP contribution in [0.15, 0.2) is 146 Å². The predicted octanol–water partition coefficient (Wildman–Crippen LogP) is 26.4. The number of unbranched alkanes of at least 4 members (excludes halogenated alkanes) is 20. The van der Waals surface area contributed by atoms with Gasteiger partial charge in [0, 0.05) is 33.1 Å². The van der Waals surface area contributed by atoms with Crippen LogP contribution in [0.4, 0.5) is 0 Å². The van der Waals surface area contributed by atoms with E-state index in [4.69, 9.17) is 9.97 Å². The third kappa shape index (κ3) is 14.2. The molecule has 2 aliphatic carbocycles. The first-order valence-corrected chi connectivity index (χ1v) is 35.8. The molecule has 1 aromatic heterocycles. The lowest BCUT2D eigenvalue weighted by Gasteiger charge is -2.34. The quantitative estimate of drug-likeness (QED) is 0.0393. The van der Waals surface area contributed by atoms with Crippen LogP contribution in [-0.2, 0) is 21.7 Å². The highest BCUT2D eigenvalue weighted by atomic mass is 14.8. The fraction of sp³-hybridized carbons (Fsp3) is 0.488. The molecule has 0 N–H and O–H groups in total. The minimum absolute atomic E-state index is 0.0528. The molecule has 0 amide bonds. The minimum Gasteiger partial charge on any atom is -0.243 e. The Balaban J connectivity index is 1.18. The molecule has 10 rings (SSSR count). The SMILES string of the molecule is CCCCCCCCC1(CCCCCCCC)c2cc(-c3ccc(-c4ccc5c(c4)C(CCCCCCCC)(CCCCCCCC)c4cc(C(C)(C)C)ccc4-5)c4nc(-c5ccccc5)c(-c5ccccc5)nc34)ccc2-c2ccc(C(C)(C)C)cc21. The number of hydrogen-bond acceptors (Lipinski definition) is 2. The smallest absolute Gasteiger partial charge is 0.0979 e. The maximum Gasteiger partial charge on any atom is 0.0979 e. The molecule has 0 radical (unpaired) electrons. The zero-order valence-corrected chi connectivity index (χ0v) is 56.5. The Morgan fingerprint density at radius 3 is 0.852 bits per heavy atom. The molecule has 2 nitrogen and oxygen atoms in total. The first kappa shape index (κ1) is 64.9. The van der Waals surface area contributed by atoms with E-state index in [-0.39, 0.29) is 21.7 Å². The van der Waals surface area contributed by atoms with Gasteiger partial charge in [0.1, 0.15) is 0 Å². The summed E-state index contributed by atoms with van der Waals surface area (Å²) in [4.78, 5) is 12.0. The van der Waals surface area contributed by atoms with Crippen molar-refractivity contribution in [2.45, 2.75) is 271 Å². The van der Waals surface area contributed by atoms with Gasteiger partial charge in [0.15, 0.2) is 0 Å². The van der Waals surface area contributed by atoms with Gasteiger partial charge in [0.2, 0.25) is 0 Å². The maximum atomic E-state index is 6.01. The van der Waals surface area contributed by atoms with Gasteiger partial charge in [0.05, 0.1) is 22.4 Å². The summed E-state index contributed by atoms with van der Waals surface area (Å²) < 4.78 is 0. The van der Waals surface area contributed by atoms with E-state index < -0.39 is 0 Å². The van der Waals surface area contributed by atoms with Gasteiger partial charge in [-0.1, -0.05) is 357 Å². The van der Waals surface area contributed by atoms with Crippen molar-refractivity contribution >= 4 is 11.0 Å². The molecule has 2 aliphatic rings. The minimum atomic E-state index is -0.0678. The van der Waals surface area contributed by atoms with Gasteiger partial charge in [-0.15, -0.1) is 0 Å². The molecule has 0 saturated carbocycles. The van der Waals surface area contributed by atoms with E-state index in [0.29, 0.717) is 0 Å². The van der Waals surface area contributed by atoms with E-state index >= 15 is 0 Å². The highest BCUT2D eigenvalue weighted by Gasteiger charge is 2.45. The second-order valence-corrected chi connectivity index (χ2v) is 29.3. The van der Waals surface area contributed by atoms with Gasteiger partial charge in [-0.05, 0) is 115 Å². The third-order valence-corrected chi connectivity index (χ3v) is 20.8. The molecule has 0 atom stereocenters. The van der Waals surface area contributed by atoms with Crippen molar-refractivity contribution in [3.8, 4) is 67.0 Å².